The van der Waals surface area contributed by atoms with E-state index in [1.807, 2.05) is 0 Å². The average molecular weight is 294 g/mol. The van der Waals surface area contributed by atoms with E-state index in [0.29, 0.717) is 10.8 Å². The zero-order valence-corrected chi connectivity index (χ0v) is 10.7. The molecule has 8 nitrogen and oxygen atoms in total. The number of benzene rings is 1. The van der Waals surface area contributed by atoms with Crippen molar-refractivity contribution in [2.75, 3.05) is 5.73 Å². The predicted molar refractivity (Wildman–Crippen MR) is 67.8 cm³/mol. The summed E-state index contributed by atoms with van der Waals surface area (Å²) in [6.45, 7) is 0.111. The third kappa shape index (κ3) is 2.54. The topological polar surface area (TPSA) is 113 Å². The Morgan fingerprint density at radius 3 is 2.65 bits per heavy atom. The van der Waals surface area contributed by atoms with Crippen molar-refractivity contribution >= 4 is 17.4 Å². The quantitative estimate of drug-likeness (QED) is 0.776. The first kappa shape index (κ1) is 12.4. The first-order valence-electron chi connectivity index (χ1n) is 5.52. The molecule has 0 aliphatic carbocycles. The summed E-state index contributed by atoms with van der Waals surface area (Å²) >= 11 is 5.77. The lowest BCUT2D eigenvalue weighted by atomic mass is 10.3. The van der Waals surface area contributed by atoms with Crippen molar-refractivity contribution in [2.45, 2.75) is 6.61 Å². The standard InChI is InChI=1S/C11H8ClN5O3/c12-6-1-3-7(4-2-6)18-5-8-14-11(17-19-8)9-10(13)16-20-15-9/h1-4H,5H2,(H2,13,16). The molecule has 9 heteroatoms. The number of hydrogen-bond donors (Lipinski definition) is 1. The van der Waals surface area contributed by atoms with Gasteiger partial charge in [0.25, 0.3) is 5.89 Å². The van der Waals surface area contributed by atoms with Gasteiger partial charge in [0.1, 0.15) is 5.75 Å². The number of nitrogen functional groups attached to an aromatic ring is 1. The van der Waals surface area contributed by atoms with Gasteiger partial charge in [0, 0.05) is 5.02 Å². The lowest BCUT2D eigenvalue weighted by molar-refractivity contribution is 0.243. The van der Waals surface area contributed by atoms with Gasteiger partial charge in [-0.05, 0) is 34.6 Å². The highest BCUT2D eigenvalue weighted by Crippen LogP contribution is 2.20. The van der Waals surface area contributed by atoms with Crippen LogP contribution in [0.5, 0.6) is 5.75 Å². The molecule has 102 valence electrons. The Labute approximate surface area is 117 Å². The molecular weight excluding hydrogens is 286 g/mol. The van der Waals surface area contributed by atoms with Crippen LogP contribution in [0.1, 0.15) is 5.89 Å². The molecule has 0 saturated heterocycles. The molecule has 0 aliphatic rings. The van der Waals surface area contributed by atoms with E-state index in [9.17, 15) is 0 Å². The summed E-state index contributed by atoms with van der Waals surface area (Å²) in [6.07, 6.45) is 0. The van der Waals surface area contributed by atoms with Crippen LogP contribution in [0, 0.1) is 0 Å². The first-order valence-corrected chi connectivity index (χ1v) is 5.89. The van der Waals surface area contributed by atoms with Crippen molar-refractivity contribution in [1.82, 2.24) is 20.5 Å². The van der Waals surface area contributed by atoms with E-state index in [2.05, 4.69) is 25.1 Å². The smallest absolute Gasteiger partial charge is 0.264 e. The van der Waals surface area contributed by atoms with E-state index in [1.54, 1.807) is 24.3 Å². The largest absolute Gasteiger partial charge is 0.484 e. The zero-order valence-electron chi connectivity index (χ0n) is 9.99. The highest BCUT2D eigenvalue weighted by atomic mass is 35.5. The SMILES string of the molecule is Nc1nonc1-c1noc(COc2ccc(Cl)cc2)n1. The Morgan fingerprint density at radius 2 is 1.95 bits per heavy atom. The minimum atomic E-state index is 0.0935. The summed E-state index contributed by atoms with van der Waals surface area (Å²) < 4.78 is 14.9. The van der Waals surface area contributed by atoms with Crippen molar-refractivity contribution in [3.05, 3.63) is 35.2 Å². The number of aromatic nitrogens is 4. The Morgan fingerprint density at radius 1 is 1.15 bits per heavy atom. The van der Waals surface area contributed by atoms with Gasteiger partial charge in [-0.1, -0.05) is 16.8 Å². The van der Waals surface area contributed by atoms with Gasteiger partial charge in [0.2, 0.25) is 5.82 Å². The third-order valence-electron chi connectivity index (χ3n) is 2.37. The molecule has 20 heavy (non-hydrogen) atoms. The van der Waals surface area contributed by atoms with Gasteiger partial charge in [-0.15, -0.1) is 0 Å². The first-order chi connectivity index (χ1) is 9.72. The molecule has 0 fully saturated rings. The predicted octanol–water partition coefficient (Wildman–Crippen LogP) is 1.93. The number of nitrogens with zero attached hydrogens (tertiary/aromatic N) is 4. The van der Waals surface area contributed by atoms with Crippen LogP contribution in [0.2, 0.25) is 5.02 Å². The number of anilines is 1. The third-order valence-corrected chi connectivity index (χ3v) is 2.62. The van der Waals surface area contributed by atoms with E-state index in [4.69, 9.17) is 26.6 Å². The van der Waals surface area contributed by atoms with Crippen LogP contribution < -0.4 is 10.5 Å². The maximum absolute atomic E-state index is 5.77. The normalized spacial score (nSPS) is 10.7. The number of ether oxygens (including phenoxy) is 1. The minimum absolute atomic E-state index is 0.0935. The second kappa shape index (κ2) is 5.17. The fourth-order valence-corrected chi connectivity index (χ4v) is 1.56. The van der Waals surface area contributed by atoms with Gasteiger partial charge in [0.05, 0.1) is 0 Å². The van der Waals surface area contributed by atoms with Crippen LogP contribution in [0.25, 0.3) is 11.5 Å². The van der Waals surface area contributed by atoms with E-state index in [1.165, 1.54) is 0 Å². The molecule has 0 aliphatic heterocycles. The molecule has 2 N–H and O–H groups in total. The molecule has 3 rings (SSSR count). The highest BCUT2D eigenvalue weighted by Gasteiger charge is 2.16. The zero-order chi connectivity index (χ0) is 13.9. The number of halogens is 1. The van der Waals surface area contributed by atoms with E-state index >= 15 is 0 Å². The van der Waals surface area contributed by atoms with Gasteiger partial charge in [0.15, 0.2) is 18.1 Å². The average Bonchev–Trinajstić information content (AvgIpc) is 3.06. The Balaban J connectivity index is 1.69. The molecule has 0 saturated carbocycles. The number of rotatable bonds is 4. The van der Waals surface area contributed by atoms with E-state index < -0.39 is 0 Å². The summed E-state index contributed by atoms with van der Waals surface area (Å²) in [6, 6.07) is 6.91. The van der Waals surface area contributed by atoms with Gasteiger partial charge < -0.3 is 15.0 Å². The Bertz CT molecular complexity index is 709. The van der Waals surface area contributed by atoms with Crippen molar-refractivity contribution in [3.8, 4) is 17.3 Å². The Kier molecular flexibility index (Phi) is 3.21. The Hall–Kier alpha value is -2.61. The van der Waals surface area contributed by atoms with Crippen molar-refractivity contribution in [1.29, 1.82) is 0 Å². The molecular formula is C11H8ClN5O3. The van der Waals surface area contributed by atoms with Gasteiger partial charge in [-0.25, -0.2) is 4.63 Å². The summed E-state index contributed by atoms with van der Waals surface area (Å²) in [5, 5.41) is 11.4. The fourth-order valence-electron chi connectivity index (χ4n) is 1.44. The minimum Gasteiger partial charge on any atom is -0.484 e. The monoisotopic (exact) mass is 293 g/mol. The summed E-state index contributed by atoms with van der Waals surface area (Å²) in [5.41, 5.74) is 5.76. The molecule has 0 atom stereocenters. The van der Waals surface area contributed by atoms with Crippen LogP contribution in [-0.2, 0) is 6.61 Å². The van der Waals surface area contributed by atoms with E-state index in [-0.39, 0.29) is 29.8 Å². The lowest BCUT2D eigenvalue weighted by Gasteiger charge is -2.01. The van der Waals surface area contributed by atoms with Crippen molar-refractivity contribution in [3.63, 3.8) is 0 Å². The molecule has 0 bridgehead atoms. The maximum Gasteiger partial charge on any atom is 0.264 e. The van der Waals surface area contributed by atoms with Crippen molar-refractivity contribution in [2.24, 2.45) is 0 Å². The molecule has 2 heterocycles. The van der Waals surface area contributed by atoms with Gasteiger partial charge >= 0.3 is 0 Å². The lowest BCUT2D eigenvalue weighted by Crippen LogP contribution is -1.96. The number of hydrogen-bond acceptors (Lipinski definition) is 8. The molecule has 1 aromatic carbocycles. The van der Waals surface area contributed by atoms with Gasteiger partial charge in [-0.3, -0.25) is 0 Å². The molecule has 3 aromatic rings. The molecule has 0 amide bonds. The number of nitrogens with two attached hydrogens (primary N) is 1. The fraction of sp³-hybridized carbons (Fsp3) is 0.0909. The van der Waals surface area contributed by atoms with Crippen LogP contribution in [0.15, 0.2) is 33.4 Å². The summed E-state index contributed by atoms with van der Waals surface area (Å²) in [4.78, 5) is 4.07. The molecule has 2 aromatic heterocycles. The van der Waals surface area contributed by atoms with Crippen molar-refractivity contribution < 1.29 is 13.9 Å². The van der Waals surface area contributed by atoms with Crippen LogP contribution in [0.4, 0.5) is 5.82 Å². The van der Waals surface area contributed by atoms with E-state index in [0.717, 1.165) is 0 Å². The molecule has 0 spiro atoms. The molecule has 0 unspecified atom stereocenters. The highest BCUT2D eigenvalue weighted by molar-refractivity contribution is 6.30. The van der Waals surface area contributed by atoms with Gasteiger partial charge in [-0.2, -0.15) is 4.98 Å². The second-order valence-corrected chi connectivity index (χ2v) is 4.19. The van der Waals surface area contributed by atoms with Crippen LogP contribution in [-0.4, -0.2) is 20.5 Å². The maximum atomic E-state index is 5.77. The molecule has 0 radical (unpaired) electrons. The van der Waals surface area contributed by atoms with Crippen LogP contribution in [0.3, 0.4) is 0 Å². The summed E-state index contributed by atoms with van der Waals surface area (Å²) in [5.74, 6) is 1.20. The van der Waals surface area contributed by atoms with Crippen LogP contribution >= 0.6 is 11.6 Å². The second-order valence-electron chi connectivity index (χ2n) is 3.75. The summed E-state index contributed by atoms with van der Waals surface area (Å²) in [7, 11) is 0.